The van der Waals surface area contributed by atoms with Crippen LogP contribution in [0.2, 0.25) is 5.02 Å². The third-order valence-electron chi connectivity index (χ3n) is 2.39. The SMILES string of the molecule is O=C(Cc1ccn[nH]1)Nc1ccc(C(=O)O)c(Cl)c1. The van der Waals surface area contributed by atoms with E-state index in [0.717, 1.165) is 0 Å². The smallest absolute Gasteiger partial charge is 0.337 e. The van der Waals surface area contributed by atoms with Gasteiger partial charge in [0.15, 0.2) is 0 Å². The molecule has 0 bridgehead atoms. The highest BCUT2D eigenvalue weighted by molar-refractivity contribution is 6.33. The predicted molar refractivity (Wildman–Crippen MR) is 69.3 cm³/mol. The van der Waals surface area contributed by atoms with Crippen LogP contribution in [0, 0.1) is 0 Å². The van der Waals surface area contributed by atoms with Gasteiger partial charge in [-0.1, -0.05) is 11.6 Å². The molecule has 0 saturated heterocycles. The maximum atomic E-state index is 11.7. The third kappa shape index (κ3) is 3.32. The highest BCUT2D eigenvalue weighted by Gasteiger charge is 2.10. The van der Waals surface area contributed by atoms with E-state index in [1.807, 2.05) is 0 Å². The molecule has 0 spiro atoms. The van der Waals surface area contributed by atoms with Gasteiger partial charge in [-0.05, 0) is 24.3 Å². The van der Waals surface area contributed by atoms with Gasteiger partial charge in [0.05, 0.1) is 17.0 Å². The van der Waals surface area contributed by atoms with Crippen molar-refractivity contribution in [3.05, 3.63) is 46.7 Å². The Hall–Kier alpha value is -2.34. The molecule has 19 heavy (non-hydrogen) atoms. The Morgan fingerprint density at radius 2 is 2.16 bits per heavy atom. The number of benzene rings is 1. The van der Waals surface area contributed by atoms with Gasteiger partial charge in [0.25, 0.3) is 0 Å². The zero-order chi connectivity index (χ0) is 13.8. The second-order valence-corrected chi connectivity index (χ2v) is 4.21. The minimum Gasteiger partial charge on any atom is -0.478 e. The largest absolute Gasteiger partial charge is 0.478 e. The van der Waals surface area contributed by atoms with Crippen LogP contribution in [-0.2, 0) is 11.2 Å². The second kappa shape index (κ2) is 5.53. The number of hydrogen-bond donors (Lipinski definition) is 3. The molecule has 1 amide bonds. The summed E-state index contributed by atoms with van der Waals surface area (Å²) in [5.74, 6) is -1.36. The summed E-state index contributed by atoms with van der Waals surface area (Å²) < 4.78 is 0. The van der Waals surface area contributed by atoms with Crippen LogP contribution in [0.25, 0.3) is 0 Å². The van der Waals surface area contributed by atoms with Crippen molar-refractivity contribution in [1.82, 2.24) is 10.2 Å². The number of nitrogens with one attached hydrogen (secondary N) is 2. The van der Waals surface area contributed by atoms with Crippen LogP contribution in [0.1, 0.15) is 16.1 Å². The number of amides is 1. The molecule has 0 atom stereocenters. The van der Waals surface area contributed by atoms with Gasteiger partial charge in [-0.25, -0.2) is 4.79 Å². The first-order valence-electron chi connectivity index (χ1n) is 5.37. The lowest BCUT2D eigenvalue weighted by Gasteiger charge is -2.06. The van der Waals surface area contributed by atoms with E-state index in [4.69, 9.17) is 16.7 Å². The van der Waals surface area contributed by atoms with E-state index >= 15 is 0 Å². The summed E-state index contributed by atoms with van der Waals surface area (Å²) in [4.78, 5) is 22.5. The number of aromatic carboxylic acids is 1. The molecular formula is C12H10ClN3O3. The van der Waals surface area contributed by atoms with E-state index in [9.17, 15) is 9.59 Å². The van der Waals surface area contributed by atoms with Crippen molar-refractivity contribution in [1.29, 1.82) is 0 Å². The molecule has 0 aliphatic heterocycles. The second-order valence-electron chi connectivity index (χ2n) is 3.81. The average Bonchev–Trinajstić information content (AvgIpc) is 2.81. The highest BCUT2D eigenvalue weighted by Crippen LogP contribution is 2.21. The molecule has 1 aromatic heterocycles. The number of carbonyl (C=O) groups is 2. The van der Waals surface area contributed by atoms with Crippen LogP contribution < -0.4 is 5.32 Å². The molecular weight excluding hydrogens is 270 g/mol. The number of anilines is 1. The lowest BCUT2D eigenvalue weighted by Crippen LogP contribution is -2.14. The maximum absolute atomic E-state index is 11.7. The van der Waals surface area contributed by atoms with Gasteiger partial charge in [-0.2, -0.15) is 5.10 Å². The Balaban J connectivity index is 2.05. The monoisotopic (exact) mass is 279 g/mol. The molecule has 0 fully saturated rings. The molecule has 98 valence electrons. The van der Waals surface area contributed by atoms with Crippen LogP contribution in [0.5, 0.6) is 0 Å². The van der Waals surface area contributed by atoms with E-state index in [1.54, 1.807) is 12.3 Å². The number of H-pyrrole nitrogens is 1. The topological polar surface area (TPSA) is 95.1 Å². The molecule has 2 aromatic rings. The number of carboxylic acids is 1. The molecule has 0 saturated carbocycles. The zero-order valence-corrected chi connectivity index (χ0v) is 10.4. The number of halogens is 1. The van der Waals surface area contributed by atoms with E-state index < -0.39 is 5.97 Å². The van der Waals surface area contributed by atoms with Gasteiger partial charge in [0.2, 0.25) is 5.91 Å². The van der Waals surface area contributed by atoms with Crippen molar-refractivity contribution in [2.75, 3.05) is 5.32 Å². The Bertz CT molecular complexity index is 611. The molecule has 0 aliphatic carbocycles. The third-order valence-corrected chi connectivity index (χ3v) is 2.71. The summed E-state index contributed by atoms with van der Waals surface area (Å²) >= 11 is 5.80. The van der Waals surface area contributed by atoms with Crippen molar-refractivity contribution >= 4 is 29.2 Å². The normalized spacial score (nSPS) is 10.2. The first kappa shape index (κ1) is 13.1. The molecule has 2 rings (SSSR count). The van der Waals surface area contributed by atoms with Crippen LogP contribution in [-0.4, -0.2) is 27.2 Å². The standard InChI is InChI=1S/C12H10ClN3O3/c13-10-5-7(1-2-9(10)12(18)19)15-11(17)6-8-3-4-14-16-8/h1-5H,6H2,(H,14,16)(H,15,17)(H,18,19). The summed E-state index contributed by atoms with van der Waals surface area (Å²) in [5, 5.41) is 17.9. The van der Waals surface area contributed by atoms with Gasteiger partial charge in [-0.3, -0.25) is 9.89 Å². The minimum absolute atomic E-state index is 0.00627. The molecule has 0 unspecified atom stereocenters. The Morgan fingerprint density at radius 3 is 2.74 bits per heavy atom. The average molecular weight is 280 g/mol. The lowest BCUT2D eigenvalue weighted by molar-refractivity contribution is -0.115. The van der Waals surface area contributed by atoms with Crippen LogP contribution in [0.4, 0.5) is 5.69 Å². The summed E-state index contributed by atoms with van der Waals surface area (Å²) in [6, 6.07) is 5.92. The van der Waals surface area contributed by atoms with E-state index in [-0.39, 0.29) is 22.9 Å². The highest BCUT2D eigenvalue weighted by atomic mass is 35.5. The molecule has 1 aromatic carbocycles. The number of nitrogens with zero attached hydrogens (tertiary/aromatic N) is 1. The summed E-state index contributed by atoms with van der Waals surface area (Å²) in [6.45, 7) is 0. The van der Waals surface area contributed by atoms with E-state index in [0.29, 0.717) is 11.4 Å². The predicted octanol–water partition coefficient (Wildman–Crippen LogP) is 1.94. The van der Waals surface area contributed by atoms with E-state index in [2.05, 4.69) is 15.5 Å². The number of rotatable bonds is 4. The Morgan fingerprint density at radius 1 is 1.37 bits per heavy atom. The van der Waals surface area contributed by atoms with Gasteiger partial charge in [-0.15, -0.1) is 0 Å². The quantitative estimate of drug-likeness (QED) is 0.797. The fourth-order valence-corrected chi connectivity index (χ4v) is 1.79. The van der Waals surface area contributed by atoms with Crippen molar-refractivity contribution in [3.63, 3.8) is 0 Å². The molecule has 0 aliphatic rings. The summed E-state index contributed by atoms with van der Waals surface area (Å²) in [7, 11) is 0. The number of carboxylic acid groups (broad SMARTS) is 1. The summed E-state index contributed by atoms with van der Waals surface area (Å²) in [6.07, 6.45) is 1.71. The first-order valence-corrected chi connectivity index (χ1v) is 5.75. The van der Waals surface area contributed by atoms with Crippen LogP contribution >= 0.6 is 11.6 Å². The minimum atomic E-state index is -1.11. The molecule has 3 N–H and O–H groups in total. The van der Waals surface area contributed by atoms with Crippen molar-refractivity contribution in [3.8, 4) is 0 Å². The molecule has 1 heterocycles. The Kier molecular flexibility index (Phi) is 3.82. The maximum Gasteiger partial charge on any atom is 0.337 e. The molecule has 0 radical (unpaired) electrons. The zero-order valence-electron chi connectivity index (χ0n) is 9.68. The van der Waals surface area contributed by atoms with Crippen molar-refractivity contribution in [2.45, 2.75) is 6.42 Å². The van der Waals surface area contributed by atoms with E-state index in [1.165, 1.54) is 18.2 Å². The van der Waals surface area contributed by atoms with Gasteiger partial charge in [0.1, 0.15) is 0 Å². The summed E-state index contributed by atoms with van der Waals surface area (Å²) in [5.41, 5.74) is 1.12. The van der Waals surface area contributed by atoms with Crippen molar-refractivity contribution in [2.24, 2.45) is 0 Å². The Labute approximate surface area is 113 Å². The fraction of sp³-hybridized carbons (Fsp3) is 0.0833. The molecule has 7 heteroatoms. The van der Waals surface area contributed by atoms with Gasteiger partial charge < -0.3 is 10.4 Å². The van der Waals surface area contributed by atoms with Crippen LogP contribution in [0.3, 0.4) is 0 Å². The van der Waals surface area contributed by atoms with Crippen LogP contribution in [0.15, 0.2) is 30.5 Å². The number of hydrogen-bond acceptors (Lipinski definition) is 3. The first-order chi connectivity index (χ1) is 9.06. The number of carbonyl (C=O) groups excluding carboxylic acids is 1. The van der Waals surface area contributed by atoms with Gasteiger partial charge in [0, 0.05) is 17.6 Å². The fourth-order valence-electron chi connectivity index (χ4n) is 1.53. The van der Waals surface area contributed by atoms with Crippen molar-refractivity contribution < 1.29 is 14.7 Å². The van der Waals surface area contributed by atoms with Gasteiger partial charge >= 0.3 is 5.97 Å². The number of aromatic nitrogens is 2. The molecule has 6 nitrogen and oxygen atoms in total. The lowest BCUT2D eigenvalue weighted by atomic mass is 10.2. The number of aromatic amines is 1.